The Hall–Kier alpha value is -2.09. The molecule has 0 aliphatic carbocycles. The Morgan fingerprint density at radius 1 is 1.15 bits per heavy atom. The number of hydrogen-bond donors (Lipinski definition) is 1. The van der Waals surface area contributed by atoms with E-state index in [1.54, 1.807) is 6.07 Å². The summed E-state index contributed by atoms with van der Waals surface area (Å²) in [7, 11) is 0. The van der Waals surface area contributed by atoms with Crippen LogP contribution in [0.1, 0.15) is 42.3 Å². The summed E-state index contributed by atoms with van der Waals surface area (Å²) in [5.74, 6) is 0.393. The Morgan fingerprint density at radius 2 is 2.00 bits per heavy atom. The molecule has 20 heavy (non-hydrogen) atoms. The minimum atomic E-state index is 0.393. The lowest BCUT2D eigenvalue weighted by atomic mass is 10.0. The first-order valence-electron chi connectivity index (χ1n) is 7.12. The van der Waals surface area contributed by atoms with Gasteiger partial charge < -0.3 is 5.11 Å². The van der Waals surface area contributed by atoms with Crippen molar-refractivity contribution < 1.29 is 5.11 Å². The zero-order valence-corrected chi connectivity index (χ0v) is 12.1. The van der Waals surface area contributed by atoms with Gasteiger partial charge in [0, 0.05) is 5.69 Å². The Morgan fingerprint density at radius 3 is 2.75 bits per heavy atom. The number of aromatic hydroxyl groups is 1. The lowest BCUT2D eigenvalue weighted by molar-refractivity contribution is 0.467. The van der Waals surface area contributed by atoms with Crippen molar-refractivity contribution in [3.63, 3.8) is 0 Å². The van der Waals surface area contributed by atoms with E-state index in [4.69, 9.17) is 0 Å². The van der Waals surface area contributed by atoms with Crippen molar-refractivity contribution in [3.05, 3.63) is 58.9 Å². The highest BCUT2D eigenvalue weighted by atomic mass is 16.3. The van der Waals surface area contributed by atoms with Gasteiger partial charge in [-0.15, -0.1) is 0 Å². The first-order chi connectivity index (χ1) is 9.69. The van der Waals surface area contributed by atoms with Gasteiger partial charge in [-0.3, -0.25) is 4.98 Å². The quantitative estimate of drug-likeness (QED) is 0.858. The number of phenols is 1. The maximum atomic E-state index is 9.85. The Labute approximate surface area is 120 Å². The van der Waals surface area contributed by atoms with Gasteiger partial charge in [0.15, 0.2) is 0 Å². The monoisotopic (exact) mass is 267 g/mol. The van der Waals surface area contributed by atoms with Crippen LogP contribution in [0.4, 0.5) is 0 Å². The fourth-order valence-corrected chi connectivity index (χ4v) is 2.12. The Balaban J connectivity index is 2.16. The maximum Gasteiger partial charge on any atom is 0.118 e. The first-order valence-corrected chi connectivity index (χ1v) is 7.12. The molecule has 0 atom stereocenters. The van der Waals surface area contributed by atoms with Gasteiger partial charge in [0.1, 0.15) is 5.75 Å². The van der Waals surface area contributed by atoms with Gasteiger partial charge in [-0.25, -0.2) is 0 Å². The van der Waals surface area contributed by atoms with E-state index in [2.05, 4.69) is 18.0 Å². The molecule has 0 radical (unpaired) electrons. The summed E-state index contributed by atoms with van der Waals surface area (Å²) in [6.45, 7) is 4.14. The van der Waals surface area contributed by atoms with Crippen molar-refractivity contribution in [2.75, 3.05) is 0 Å². The number of nitrogens with zero attached hydrogens (tertiary/aromatic N) is 1. The van der Waals surface area contributed by atoms with Crippen LogP contribution in [0, 0.1) is 6.92 Å². The minimum absolute atomic E-state index is 0.393. The van der Waals surface area contributed by atoms with Crippen LogP contribution in [0.25, 0.3) is 12.2 Å². The Bertz CT molecular complexity index is 602. The van der Waals surface area contributed by atoms with Crippen molar-refractivity contribution in [1.29, 1.82) is 0 Å². The number of phenolic OH excluding ortho intramolecular Hbond substituents is 1. The van der Waals surface area contributed by atoms with Crippen molar-refractivity contribution >= 4 is 12.2 Å². The van der Waals surface area contributed by atoms with Crippen LogP contribution in [-0.4, -0.2) is 10.1 Å². The fourth-order valence-electron chi connectivity index (χ4n) is 2.12. The predicted octanol–water partition coefficient (Wildman–Crippen LogP) is 4.61. The standard InChI is InChI=1S/C18H21NO/c1-3-4-7-16-13-15(10-12-18(16)20)9-11-17-8-5-6-14(2)19-17/h5-6,8-13,20H,3-4,7H2,1-2H3. The molecule has 0 amide bonds. The SMILES string of the molecule is CCCCc1cc(C=Cc2cccc(C)n2)ccc1O. The fraction of sp³-hybridized carbons (Fsp3) is 0.278. The van der Waals surface area contributed by atoms with E-state index in [-0.39, 0.29) is 0 Å². The molecule has 0 spiro atoms. The molecule has 0 saturated carbocycles. The smallest absolute Gasteiger partial charge is 0.118 e. The van der Waals surface area contributed by atoms with Gasteiger partial charge in [-0.05, 0) is 61.2 Å². The zero-order chi connectivity index (χ0) is 14.4. The van der Waals surface area contributed by atoms with E-state index in [0.29, 0.717) is 5.75 Å². The van der Waals surface area contributed by atoms with Crippen molar-refractivity contribution in [2.24, 2.45) is 0 Å². The van der Waals surface area contributed by atoms with E-state index in [0.717, 1.165) is 41.8 Å². The van der Waals surface area contributed by atoms with E-state index < -0.39 is 0 Å². The van der Waals surface area contributed by atoms with E-state index in [9.17, 15) is 5.11 Å². The molecule has 1 aromatic heterocycles. The highest BCUT2D eigenvalue weighted by Crippen LogP contribution is 2.21. The summed E-state index contributed by atoms with van der Waals surface area (Å²) >= 11 is 0. The number of unbranched alkanes of at least 4 members (excludes halogenated alkanes) is 1. The van der Waals surface area contributed by atoms with Gasteiger partial charge in [-0.1, -0.05) is 31.6 Å². The van der Waals surface area contributed by atoms with Crippen molar-refractivity contribution in [2.45, 2.75) is 33.1 Å². The van der Waals surface area contributed by atoms with Gasteiger partial charge in [0.2, 0.25) is 0 Å². The maximum absolute atomic E-state index is 9.85. The molecule has 0 fully saturated rings. The number of pyridine rings is 1. The molecule has 1 N–H and O–H groups in total. The number of aromatic nitrogens is 1. The molecule has 2 aromatic rings. The average Bonchev–Trinajstić information content (AvgIpc) is 2.45. The number of rotatable bonds is 5. The molecule has 2 nitrogen and oxygen atoms in total. The zero-order valence-electron chi connectivity index (χ0n) is 12.1. The van der Waals surface area contributed by atoms with Gasteiger partial charge in [0.05, 0.1) is 5.69 Å². The van der Waals surface area contributed by atoms with E-state index in [1.165, 1.54) is 0 Å². The number of hydrogen-bond acceptors (Lipinski definition) is 2. The Kier molecular flexibility index (Phi) is 4.94. The molecule has 2 rings (SSSR count). The van der Waals surface area contributed by atoms with Gasteiger partial charge >= 0.3 is 0 Å². The molecule has 0 aliphatic rings. The minimum Gasteiger partial charge on any atom is -0.508 e. The van der Waals surface area contributed by atoms with Gasteiger partial charge in [-0.2, -0.15) is 0 Å². The lowest BCUT2D eigenvalue weighted by Crippen LogP contribution is -1.87. The van der Waals surface area contributed by atoms with Crippen LogP contribution >= 0.6 is 0 Å². The molecule has 0 aliphatic heterocycles. The van der Waals surface area contributed by atoms with Crippen molar-refractivity contribution in [1.82, 2.24) is 4.98 Å². The predicted molar refractivity (Wildman–Crippen MR) is 84.6 cm³/mol. The third-order valence-electron chi connectivity index (χ3n) is 3.26. The highest BCUT2D eigenvalue weighted by Gasteiger charge is 2.01. The van der Waals surface area contributed by atoms with Crippen LogP contribution in [-0.2, 0) is 6.42 Å². The second kappa shape index (κ2) is 6.90. The molecular formula is C18H21NO. The lowest BCUT2D eigenvalue weighted by Gasteiger charge is -2.05. The second-order valence-electron chi connectivity index (χ2n) is 5.03. The molecule has 1 aromatic carbocycles. The van der Waals surface area contributed by atoms with Crippen LogP contribution in [0.2, 0.25) is 0 Å². The summed E-state index contributed by atoms with van der Waals surface area (Å²) in [5, 5.41) is 9.85. The third-order valence-corrected chi connectivity index (χ3v) is 3.26. The molecule has 1 heterocycles. The van der Waals surface area contributed by atoms with E-state index in [1.807, 2.05) is 43.3 Å². The highest BCUT2D eigenvalue weighted by molar-refractivity contribution is 5.68. The van der Waals surface area contributed by atoms with Crippen LogP contribution in [0.5, 0.6) is 5.75 Å². The average molecular weight is 267 g/mol. The van der Waals surface area contributed by atoms with Crippen LogP contribution < -0.4 is 0 Å². The summed E-state index contributed by atoms with van der Waals surface area (Å²) in [6.07, 6.45) is 7.19. The third kappa shape index (κ3) is 3.95. The molecule has 2 heteroatoms. The van der Waals surface area contributed by atoms with Crippen LogP contribution in [0.3, 0.4) is 0 Å². The molecule has 104 valence electrons. The molecule has 0 unspecified atom stereocenters. The summed E-state index contributed by atoms with van der Waals surface area (Å²) in [4.78, 5) is 4.44. The van der Waals surface area contributed by atoms with Gasteiger partial charge in [0.25, 0.3) is 0 Å². The molecule has 0 saturated heterocycles. The first kappa shape index (κ1) is 14.3. The number of benzene rings is 1. The molecule has 0 bridgehead atoms. The largest absolute Gasteiger partial charge is 0.508 e. The number of aryl methyl sites for hydroxylation is 2. The summed E-state index contributed by atoms with van der Waals surface area (Å²) < 4.78 is 0. The van der Waals surface area contributed by atoms with Crippen LogP contribution in [0.15, 0.2) is 36.4 Å². The summed E-state index contributed by atoms with van der Waals surface area (Å²) in [5.41, 5.74) is 4.08. The normalized spacial score (nSPS) is 11.1. The topological polar surface area (TPSA) is 33.1 Å². The van der Waals surface area contributed by atoms with E-state index >= 15 is 0 Å². The summed E-state index contributed by atoms with van der Waals surface area (Å²) in [6, 6.07) is 11.7. The molecular weight excluding hydrogens is 246 g/mol. The second-order valence-corrected chi connectivity index (χ2v) is 5.03. The van der Waals surface area contributed by atoms with Crippen molar-refractivity contribution in [3.8, 4) is 5.75 Å².